The number of aromatic amines is 1. The van der Waals surface area contributed by atoms with E-state index in [0.29, 0.717) is 5.56 Å². The van der Waals surface area contributed by atoms with Gasteiger partial charge in [-0.2, -0.15) is 15.4 Å². The molecule has 1 aliphatic rings. The first-order valence-electron chi connectivity index (χ1n) is 6.65. The van der Waals surface area contributed by atoms with Crippen LogP contribution in [-0.2, 0) is 5.54 Å². The second kappa shape index (κ2) is 5.03. The lowest BCUT2D eigenvalue weighted by molar-refractivity contribution is 0.0891. The molecular formula is C14H15FN4O. The van der Waals surface area contributed by atoms with Crippen LogP contribution in [0.15, 0.2) is 30.5 Å². The highest BCUT2D eigenvalue weighted by Crippen LogP contribution is 2.39. The van der Waals surface area contributed by atoms with Gasteiger partial charge in [0.1, 0.15) is 5.82 Å². The second-order valence-electron chi connectivity index (χ2n) is 5.08. The Morgan fingerprint density at radius 2 is 2.05 bits per heavy atom. The minimum atomic E-state index is -0.638. The Morgan fingerprint density at radius 3 is 2.70 bits per heavy atom. The maximum Gasteiger partial charge on any atom is 0.274 e. The van der Waals surface area contributed by atoms with E-state index in [2.05, 4.69) is 20.7 Å². The number of rotatable bonds is 3. The molecular weight excluding hydrogens is 259 g/mol. The van der Waals surface area contributed by atoms with E-state index >= 15 is 0 Å². The smallest absolute Gasteiger partial charge is 0.274 e. The molecule has 1 aliphatic carbocycles. The third-order valence-electron chi connectivity index (χ3n) is 3.85. The topological polar surface area (TPSA) is 70.7 Å². The molecule has 1 heterocycles. The van der Waals surface area contributed by atoms with E-state index in [9.17, 15) is 9.18 Å². The van der Waals surface area contributed by atoms with Gasteiger partial charge < -0.3 is 5.32 Å². The van der Waals surface area contributed by atoms with Gasteiger partial charge in [-0.15, -0.1) is 0 Å². The molecule has 2 N–H and O–H groups in total. The van der Waals surface area contributed by atoms with Gasteiger partial charge in [-0.1, -0.05) is 31.0 Å². The maximum atomic E-state index is 14.1. The van der Waals surface area contributed by atoms with E-state index in [4.69, 9.17) is 0 Å². The first-order valence-corrected chi connectivity index (χ1v) is 6.65. The van der Waals surface area contributed by atoms with Crippen molar-refractivity contribution < 1.29 is 9.18 Å². The van der Waals surface area contributed by atoms with E-state index in [1.807, 2.05) is 0 Å². The van der Waals surface area contributed by atoms with E-state index in [0.717, 1.165) is 25.7 Å². The fourth-order valence-electron chi connectivity index (χ4n) is 2.88. The highest BCUT2D eigenvalue weighted by Gasteiger charge is 2.39. The summed E-state index contributed by atoms with van der Waals surface area (Å²) in [6.07, 6.45) is 4.76. The van der Waals surface area contributed by atoms with Gasteiger partial charge in [0.15, 0.2) is 5.69 Å². The molecule has 0 aliphatic heterocycles. The molecule has 3 rings (SSSR count). The second-order valence-corrected chi connectivity index (χ2v) is 5.08. The summed E-state index contributed by atoms with van der Waals surface area (Å²) < 4.78 is 14.1. The monoisotopic (exact) mass is 274 g/mol. The zero-order valence-corrected chi connectivity index (χ0v) is 10.9. The summed E-state index contributed by atoms with van der Waals surface area (Å²) in [5.41, 5.74) is 0.128. The summed E-state index contributed by atoms with van der Waals surface area (Å²) in [6.45, 7) is 0. The van der Waals surface area contributed by atoms with Crippen molar-refractivity contribution in [1.82, 2.24) is 20.7 Å². The van der Waals surface area contributed by atoms with Crippen LogP contribution in [0.2, 0.25) is 0 Å². The van der Waals surface area contributed by atoms with Crippen LogP contribution in [-0.4, -0.2) is 21.3 Å². The van der Waals surface area contributed by atoms with Gasteiger partial charge in [0.2, 0.25) is 0 Å². The summed E-state index contributed by atoms with van der Waals surface area (Å²) in [5.74, 6) is -0.612. The lowest BCUT2D eigenvalue weighted by atomic mass is 9.87. The molecule has 2 aromatic rings. The first kappa shape index (κ1) is 12.8. The third kappa shape index (κ3) is 2.17. The van der Waals surface area contributed by atoms with Gasteiger partial charge in [-0.05, 0) is 18.9 Å². The number of hydrogen-bond donors (Lipinski definition) is 2. The number of nitrogens with zero attached hydrogens (tertiary/aromatic N) is 2. The summed E-state index contributed by atoms with van der Waals surface area (Å²) in [5, 5.41) is 12.7. The fourth-order valence-corrected chi connectivity index (χ4v) is 2.88. The minimum Gasteiger partial charge on any atom is -0.341 e. The molecule has 104 valence electrons. The van der Waals surface area contributed by atoms with Crippen LogP contribution in [0.3, 0.4) is 0 Å². The van der Waals surface area contributed by atoms with Gasteiger partial charge in [0.25, 0.3) is 5.91 Å². The molecule has 0 radical (unpaired) electrons. The average molecular weight is 274 g/mol. The minimum absolute atomic E-state index is 0.215. The van der Waals surface area contributed by atoms with Crippen molar-refractivity contribution in [2.24, 2.45) is 0 Å². The standard InChI is InChI=1S/C14H15FN4O/c15-11-6-2-1-5-10(11)14(7-3-4-8-14)17-13(20)12-9-16-19-18-12/h1-2,5-6,9H,3-4,7-8H2,(H,17,20)(H,16,18,19). The Bertz CT molecular complexity index is 605. The molecule has 0 unspecified atom stereocenters. The first-order chi connectivity index (χ1) is 9.71. The molecule has 0 spiro atoms. The molecule has 1 aromatic carbocycles. The number of H-pyrrole nitrogens is 1. The van der Waals surface area contributed by atoms with Gasteiger partial charge in [0, 0.05) is 5.56 Å². The summed E-state index contributed by atoms with van der Waals surface area (Å²) in [6, 6.07) is 6.61. The predicted octanol–water partition coefficient (Wildman–Crippen LogP) is 2.14. The number of amides is 1. The van der Waals surface area contributed by atoms with Crippen LogP contribution in [0.25, 0.3) is 0 Å². The molecule has 6 heteroatoms. The maximum absolute atomic E-state index is 14.1. The normalized spacial score (nSPS) is 17.1. The fraction of sp³-hybridized carbons (Fsp3) is 0.357. The lowest BCUT2D eigenvalue weighted by Gasteiger charge is -2.31. The molecule has 20 heavy (non-hydrogen) atoms. The zero-order valence-electron chi connectivity index (χ0n) is 10.9. The predicted molar refractivity (Wildman–Crippen MR) is 70.4 cm³/mol. The Morgan fingerprint density at radius 1 is 1.30 bits per heavy atom. The molecule has 5 nitrogen and oxygen atoms in total. The summed E-state index contributed by atoms with van der Waals surface area (Å²) in [7, 11) is 0. The number of carbonyl (C=O) groups excluding carboxylic acids is 1. The third-order valence-corrected chi connectivity index (χ3v) is 3.85. The number of benzene rings is 1. The highest BCUT2D eigenvalue weighted by molar-refractivity contribution is 5.92. The van der Waals surface area contributed by atoms with Crippen molar-refractivity contribution in [3.63, 3.8) is 0 Å². The van der Waals surface area contributed by atoms with Crippen molar-refractivity contribution in [3.8, 4) is 0 Å². The highest BCUT2D eigenvalue weighted by atomic mass is 19.1. The average Bonchev–Trinajstić information content (AvgIpc) is 3.10. The summed E-state index contributed by atoms with van der Waals surface area (Å²) >= 11 is 0. The molecule has 1 fully saturated rings. The molecule has 0 bridgehead atoms. The molecule has 1 aromatic heterocycles. The Balaban J connectivity index is 1.93. The van der Waals surface area contributed by atoms with Gasteiger partial charge in [-0.25, -0.2) is 4.39 Å². The largest absolute Gasteiger partial charge is 0.341 e. The number of halogens is 1. The van der Waals surface area contributed by atoms with Crippen molar-refractivity contribution >= 4 is 5.91 Å². The van der Waals surface area contributed by atoms with Gasteiger partial charge >= 0.3 is 0 Å². The quantitative estimate of drug-likeness (QED) is 0.900. The molecule has 0 atom stereocenters. The van der Waals surface area contributed by atoms with E-state index < -0.39 is 5.54 Å². The number of aromatic nitrogens is 3. The van der Waals surface area contributed by atoms with E-state index in [-0.39, 0.29) is 17.4 Å². The number of carbonyl (C=O) groups is 1. The van der Waals surface area contributed by atoms with Crippen molar-refractivity contribution in [2.75, 3.05) is 0 Å². The van der Waals surface area contributed by atoms with Gasteiger partial charge in [-0.3, -0.25) is 4.79 Å². The van der Waals surface area contributed by atoms with Crippen molar-refractivity contribution in [1.29, 1.82) is 0 Å². The van der Waals surface area contributed by atoms with E-state index in [1.165, 1.54) is 12.3 Å². The summed E-state index contributed by atoms with van der Waals surface area (Å²) in [4.78, 5) is 12.2. The molecule has 0 saturated heterocycles. The van der Waals surface area contributed by atoms with Crippen LogP contribution in [0.4, 0.5) is 4.39 Å². The number of hydrogen-bond acceptors (Lipinski definition) is 3. The Labute approximate surface area is 115 Å². The molecule has 1 amide bonds. The zero-order chi connectivity index (χ0) is 14.0. The lowest BCUT2D eigenvalue weighted by Crippen LogP contribution is -2.44. The van der Waals surface area contributed by atoms with Crippen molar-refractivity contribution in [3.05, 3.63) is 47.5 Å². The van der Waals surface area contributed by atoms with Crippen LogP contribution in [0, 0.1) is 5.82 Å². The van der Waals surface area contributed by atoms with Crippen molar-refractivity contribution in [2.45, 2.75) is 31.2 Å². The Kier molecular flexibility index (Phi) is 3.22. The van der Waals surface area contributed by atoms with Crippen LogP contribution >= 0.6 is 0 Å². The Hall–Kier alpha value is -2.24. The number of nitrogens with one attached hydrogen (secondary N) is 2. The van der Waals surface area contributed by atoms with Crippen LogP contribution in [0.1, 0.15) is 41.7 Å². The SMILES string of the molecule is O=C(NC1(c2ccccc2F)CCCC1)c1cn[nH]n1. The molecule has 1 saturated carbocycles. The van der Waals surface area contributed by atoms with Crippen LogP contribution in [0.5, 0.6) is 0 Å². The van der Waals surface area contributed by atoms with E-state index in [1.54, 1.807) is 18.2 Å². The van der Waals surface area contributed by atoms with Crippen LogP contribution < -0.4 is 5.32 Å². The van der Waals surface area contributed by atoms with Gasteiger partial charge in [0.05, 0.1) is 11.7 Å².